The van der Waals surface area contributed by atoms with E-state index in [1.807, 2.05) is 18.2 Å². The molecule has 9 heteroatoms. The Morgan fingerprint density at radius 1 is 1.12 bits per heavy atom. The highest BCUT2D eigenvalue weighted by molar-refractivity contribution is 7.89. The maximum Gasteiger partial charge on any atom is 0.251 e. The molecule has 1 atom stereocenters. The summed E-state index contributed by atoms with van der Waals surface area (Å²) in [5.74, 6) is -0.0550. The van der Waals surface area contributed by atoms with Gasteiger partial charge in [-0.25, -0.2) is 8.42 Å². The number of amides is 1. The van der Waals surface area contributed by atoms with Crippen LogP contribution in [0.15, 0.2) is 53.4 Å². The van der Waals surface area contributed by atoms with E-state index in [1.165, 1.54) is 23.0 Å². The highest BCUT2D eigenvalue weighted by atomic mass is 32.2. The Balaban J connectivity index is 1.44. The van der Waals surface area contributed by atoms with Crippen LogP contribution in [-0.2, 0) is 21.3 Å². The molecule has 2 aromatic rings. The van der Waals surface area contributed by atoms with Crippen molar-refractivity contribution in [1.29, 1.82) is 0 Å². The van der Waals surface area contributed by atoms with Crippen molar-refractivity contribution in [3.05, 3.63) is 59.7 Å². The number of carbonyl (C=O) groups excluding carboxylic acids is 1. The highest BCUT2D eigenvalue weighted by Gasteiger charge is 2.31. The van der Waals surface area contributed by atoms with Gasteiger partial charge in [0.15, 0.2) is 0 Å². The molecule has 0 unspecified atom stereocenters. The van der Waals surface area contributed by atoms with Crippen LogP contribution in [0.25, 0.3) is 0 Å². The SMILES string of the molecule is COc1ccc(C(=O)N[C@@H]2CCN(Cc3ccccc3)C2)cc1S(=O)(=O)N1CCOCC1. The first-order chi connectivity index (χ1) is 15.5. The van der Waals surface area contributed by atoms with Crippen LogP contribution in [0.2, 0.25) is 0 Å². The summed E-state index contributed by atoms with van der Waals surface area (Å²) >= 11 is 0. The Bertz CT molecular complexity index is 1040. The van der Waals surface area contributed by atoms with Crippen molar-refractivity contribution in [3.8, 4) is 5.75 Å². The van der Waals surface area contributed by atoms with Crippen LogP contribution in [0.4, 0.5) is 0 Å². The van der Waals surface area contributed by atoms with E-state index in [2.05, 4.69) is 22.3 Å². The lowest BCUT2D eigenvalue weighted by Crippen LogP contribution is -2.41. The molecule has 2 saturated heterocycles. The predicted molar refractivity (Wildman–Crippen MR) is 120 cm³/mol. The highest BCUT2D eigenvalue weighted by Crippen LogP contribution is 2.28. The summed E-state index contributed by atoms with van der Waals surface area (Å²) in [7, 11) is -2.37. The number of nitrogens with zero attached hydrogens (tertiary/aromatic N) is 2. The lowest BCUT2D eigenvalue weighted by Gasteiger charge is -2.26. The summed E-state index contributed by atoms with van der Waals surface area (Å²) in [6, 6.07) is 14.8. The molecule has 2 aromatic carbocycles. The Labute approximate surface area is 189 Å². The van der Waals surface area contributed by atoms with E-state index in [0.717, 1.165) is 26.1 Å². The fourth-order valence-corrected chi connectivity index (χ4v) is 5.74. The Hall–Kier alpha value is -2.46. The second-order valence-electron chi connectivity index (χ2n) is 8.06. The number of hydrogen-bond acceptors (Lipinski definition) is 6. The van der Waals surface area contributed by atoms with Gasteiger partial charge in [0, 0.05) is 44.3 Å². The predicted octanol–water partition coefficient (Wildman–Crippen LogP) is 1.72. The Morgan fingerprint density at radius 3 is 2.59 bits per heavy atom. The van der Waals surface area contributed by atoms with Crippen LogP contribution >= 0.6 is 0 Å². The van der Waals surface area contributed by atoms with Gasteiger partial charge in [0.25, 0.3) is 5.91 Å². The van der Waals surface area contributed by atoms with E-state index in [-0.39, 0.29) is 35.7 Å². The minimum Gasteiger partial charge on any atom is -0.495 e. The van der Waals surface area contributed by atoms with Crippen molar-refractivity contribution >= 4 is 15.9 Å². The molecule has 0 radical (unpaired) electrons. The molecule has 2 aliphatic rings. The number of hydrogen-bond donors (Lipinski definition) is 1. The lowest BCUT2D eigenvalue weighted by molar-refractivity contribution is 0.0729. The van der Waals surface area contributed by atoms with Gasteiger partial charge in [-0.15, -0.1) is 0 Å². The van der Waals surface area contributed by atoms with Gasteiger partial charge in [0.1, 0.15) is 10.6 Å². The maximum absolute atomic E-state index is 13.2. The standard InChI is InChI=1S/C23H29N3O5S/c1-30-21-8-7-19(15-22(21)32(28,29)26-11-13-31-14-12-26)23(27)24-20-9-10-25(17-20)16-18-5-3-2-4-6-18/h2-8,15,20H,9-14,16-17H2,1H3,(H,24,27)/t20-/m1/s1. The molecule has 2 fully saturated rings. The molecule has 2 aliphatic heterocycles. The number of benzene rings is 2. The molecule has 172 valence electrons. The molecule has 0 spiro atoms. The molecule has 0 saturated carbocycles. The molecule has 1 amide bonds. The van der Waals surface area contributed by atoms with Gasteiger partial charge in [0.2, 0.25) is 10.0 Å². The zero-order valence-electron chi connectivity index (χ0n) is 18.2. The van der Waals surface area contributed by atoms with Crippen molar-refractivity contribution in [3.63, 3.8) is 0 Å². The third-order valence-corrected chi connectivity index (χ3v) is 7.79. The molecule has 0 aromatic heterocycles. The minimum absolute atomic E-state index is 0.00618. The van der Waals surface area contributed by atoms with Gasteiger partial charge < -0.3 is 14.8 Å². The van der Waals surface area contributed by atoms with Crippen LogP contribution in [-0.4, -0.2) is 76.1 Å². The van der Waals surface area contributed by atoms with Crippen LogP contribution < -0.4 is 10.1 Å². The minimum atomic E-state index is -3.79. The molecule has 8 nitrogen and oxygen atoms in total. The smallest absolute Gasteiger partial charge is 0.251 e. The number of morpholine rings is 1. The quantitative estimate of drug-likeness (QED) is 0.678. The first-order valence-corrected chi connectivity index (χ1v) is 12.2. The number of rotatable bonds is 7. The topological polar surface area (TPSA) is 88.2 Å². The van der Waals surface area contributed by atoms with Crippen molar-refractivity contribution in [2.45, 2.75) is 23.9 Å². The zero-order chi connectivity index (χ0) is 22.6. The van der Waals surface area contributed by atoms with Crippen LogP contribution in [0.5, 0.6) is 5.75 Å². The summed E-state index contributed by atoms with van der Waals surface area (Å²) in [5, 5.41) is 3.06. The summed E-state index contributed by atoms with van der Waals surface area (Å²) in [5.41, 5.74) is 1.55. The molecule has 1 N–H and O–H groups in total. The Kier molecular flexibility index (Phi) is 7.10. The number of ether oxygens (including phenoxy) is 2. The van der Waals surface area contributed by atoms with Gasteiger partial charge in [0.05, 0.1) is 20.3 Å². The van der Waals surface area contributed by atoms with Gasteiger partial charge in [-0.2, -0.15) is 4.31 Å². The van der Waals surface area contributed by atoms with Gasteiger partial charge >= 0.3 is 0 Å². The molecular formula is C23H29N3O5S. The van der Waals surface area contributed by atoms with Crippen LogP contribution in [0.3, 0.4) is 0 Å². The monoisotopic (exact) mass is 459 g/mol. The normalized spacial score (nSPS) is 20.2. The average molecular weight is 460 g/mol. The number of methoxy groups -OCH3 is 1. The molecule has 32 heavy (non-hydrogen) atoms. The molecule has 2 heterocycles. The van der Waals surface area contributed by atoms with E-state index < -0.39 is 10.0 Å². The van der Waals surface area contributed by atoms with E-state index in [0.29, 0.717) is 18.8 Å². The van der Waals surface area contributed by atoms with Crippen molar-refractivity contribution in [2.75, 3.05) is 46.5 Å². The summed E-state index contributed by atoms with van der Waals surface area (Å²) in [6.07, 6.45) is 0.855. The third kappa shape index (κ3) is 5.12. The van der Waals surface area contributed by atoms with E-state index in [4.69, 9.17) is 9.47 Å². The number of carbonyl (C=O) groups is 1. The van der Waals surface area contributed by atoms with E-state index >= 15 is 0 Å². The molecule has 0 bridgehead atoms. The van der Waals surface area contributed by atoms with E-state index in [9.17, 15) is 13.2 Å². The summed E-state index contributed by atoms with van der Waals surface area (Å²) < 4.78 is 38.2. The van der Waals surface area contributed by atoms with Crippen LogP contribution in [0.1, 0.15) is 22.3 Å². The fraction of sp³-hybridized carbons (Fsp3) is 0.435. The zero-order valence-corrected chi connectivity index (χ0v) is 19.0. The third-order valence-electron chi connectivity index (χ3n) is 5.87. The number of sulfonamides is 1. The second-order valence-corrected chi connectivity index (χ2v) is 9.97. The molecule has 4 rings (SSSR count). The van der Waals surface area contributed by atoms with Gasteiger partial charge in [-0.05, 0) is 30.2 Å². The number of nitrogens with one attached hydrogen (secondary N) is 1. The first-order valence-electron chi connectivity index (χ1n) is 10.8. The maximum atomic E-state index is 13.2. The lowest BCUT2D eigenvalue weighted by atomic mass is 10.1. The fourth-order valence-electron chi connectivity index (χ4n) is 4.15. The molecular weight excluding hydrogens is 430 g/mol. The van der Waals surface area contributed by atoms with Crippen molar-refractivity contribution in [2.24, 2.45) is 0 Å². The number of likely N-dealkylation sites (tertiary alicyclic amines) is 1. The van der Waals surface area contributed by atoms with Crippen molar-refractivity contribution in [1.82, 2.24) is 14.5 Å². The Morgan fingerprint density at radius 2 is 1.88 bits per heavy atom. The first kappa shape index (κ1) is 22.7. The summed E-state index contributed by atoms with van der Waals surface area (Å²) in [4.78, 5) is 15.2. The average Bonchev–Trinajstić information content (AvgIpc) is 3.26. The van der Waals surface area contributed by atoms with Crippen molar-refractivity contribution < 1.29 is 22.7 Å². The summed E-state index contributed by atoms with van der Waals surface area (Å²) in [6.45, 7) is 3.76. The second kappa shape index (κ2) is 9.99. The largest absolute Gasteiger partial charge is 0.495 e. The molecule has 0 aliphatic carbocycles. The van der Waals surface area contributed by atoms with Crippen LogP contribution in [0, 0.1) is 0 Å². The van der Waals surface area contributed by atoms with Gasteiger partial charge in [-0.3, -0.25) is 9.69 Å². The van der Waals surface area contributed by atoms with E-state index in [1.54, 1.807) is 12.1 Å². The van der Waals surface area contributed by atoms with Gasteiger partial charge in [-0.1, -0.05) is 30.3 Å².